The number of ether oxygens (including phenoxy) is 1. The van der Waals surface area contributed by atoms with E-state index < -0.39 is 38.0 Å². The second kappa shape index (κ2) is 8.83. The van der Waals surface area contributed by atoms with Crippen LogP contribution in [0.4, 0.5) is 11.4 Å². The first-order chi connectivity index (χ1) is 13.2. The maximum absolute atomic E-state index is 13.2. The van der Waals surface area contributed by atoms with Crippen molar-refractivity contribution in [1.29, 1.82) is 0 Å². The van der Waals surface area contributed by atoms with Crippen LogP contribution in [0.1, 0.15) is 32.3 Å². The van der Waals surface area contributed by atoms with Crippen LogP contribution in [0, 0.1) is 10.1 Å². The SMILES string of the molecule is CCOC(=O)CN(c1ccc(C(C)C)cc1)S(=O)(=O)c1ccccc1[N+](=O)[O-]. The van der Waals surface area contributed by atoms with E-state index in [1.165, 1.54) is 12.1 Å². The summed E-state index contributed by atoms with van der Waals surface area (Å²) in [5, 5.41) is 11.3. The number of hydrogen-bond donors (Lipinski definition) is 0. The Morgan fingerprint density at radius 3 is 2.29 bits per heavy atom. The molecule has 0 radical (unpaired) electrons. The highest BCUT2D eigenvalue weighted by atomic mass is 32.2. The molecular weight excluding hydrogens is 384 g/mol. The lowest BCUT2D eigenvalue weighted by Crippen LogP contribution is -2.37. The number of nitro groups is 1. The fourth-order valence-electron chi connectivity index (χ4n) is 2.61. The molecule has 0 bridgehead atoms. The fraction of sp³-hybridized carbons (Fsp3) is 0.316. The zero-order chi connectivity index (χ0) is 20.9. The van der Waals surface area contributed by atoms with Crippen LogP contribution in [-0.2, 0) is 19.6 Å². The molecule has 0 unspecified atom stereocenters. The van der Waals surface area contributed by atoms with E-state index in [9.17, 15) is 23.3 Å². The predicted octanol–water partition coefficient (Wildman–Crippen LogP) is 3.48. The van der Waals surface area contributed by atoms with Gasteiger partial charge in [-0.15, -0.1) is 0 Å². The number of esters is 1. The molecule has 0 saturated carbocycles. The Balaban J connectivity index is 2.57. The minimum absolute atomic E-state index is 0.0878. The van der Waals surface area contributed by atoms with Gasteiger partial charge in [-0.25, -0.2) is 8.42 Å². The van der Waals surface area contributed by atoms with Gasteiger partial charge in [0.15, 0.2) is 4.90 Å². The van der Waals surface area contributed by atoms with Gasteiger partial charge in [0.05, 0.1) is 17.2 Å². The lowest BCUT2D eigenvalue weighted by atomic mass is 10.0. The van der Waals surface area contributed by atoms with E-state index in [0.29, 0.717) is 0 Å². The molecule has 28 heavy (non-hydrogen) atoms. The van der Waals surface area contributed by atoms with Crippen molar-refractivity contribution in [3.8, 4) is 0 Å². The van der Waals surface area contributed by atoms with Crippen LogP contribution in [0.5, 0.6) is 0 Å². The molecule has 0 aromatic heterocycles. The van der Waals surface area contributed by atoms with Crippen LogP contribution in [0.25, 0.3) is 0 Å². The number of para-hydroxylation sites is 1. The van der Waals surface area contributed by atoms with Gasteiger partial charge in [-0.2, -0.15) is 0 Å². The molecule has 0 aliphatic heterocycles. The topological polar surface area (TPSA) is 107 Å². The molecule has 8 nitrogen and oxygen atoms in total. The summed E-state index contributed by atoms with van der Waals surface area (Å²) in [4.78, 5) is 22.1. The Morgan fingerprint density at radius 1 is 1.14 bits per heavy atom. The molecule has 0 heterocycles. The summed E-state index contributed by atoms with van der Waals surface area (Å²) in [6.45, 7) is 5.09. The molecule has 0 N–H and O–H groups in total. The van der Waals surface area contributed by atoms with E-state index in [-0.39, 0.29) is 18.2 Å². The third-order valence-electron chi connectivity index (χ3n) is 4.06. The van der Waals surface area contributed by atoms with E-state index >= 15 is 0 Å². The highest BCUT2D eigenvalue weighted by Crippen LogP contribution is 2.30. The second-order valence-corrected chi connectivity index (χ2v) is 8.12. The molecule has 150 valence electrons. The third-order valence-corrected chi connectivity index (χ3v) is 5.88. The lowest BCUT2D eigenvalue weighted by Gasteiger charge is -2.24. The summed E-state index contributed by atoms with van der Waals surface area (Å²) in [7, 11) is -4.39. The third kappa shape index (κ3) is 4.66. The van der Waals surface area contributed by atoms with Gasteiger partial charge in [0, 0.05) is 6.07 Å². The summed E-state index contributed by atoms with van der Waals surface area (Å²) >= 11 is 0. The molecule has 2 aromatic rings. The molecule has 0 fully saturated rings. The summed E-state index contributed by atoms with van der Waals surface area (Å²) < 4.78 is 32.2. The Morgan fingerprint density at radius 2 is 1.75 bits per heavy atom. The quantitative estimate of drug-likeness (QED) is 0.377. The zero-order valence-electron chi connectivity index (χ0n) is 15.9. The van der Waals surface area contributed by atoms with Crippen LogP contribution < -0.4 is 4.31 Å². The van der Waals surface area contributed by atoms with E-state index in [0.717, 1.165) is 22.0 Å². The van der Waals surface area contributed by atoms with Gasteiger partial charge >= 0.3 is 5.97 Å². The van der Waals surface area contributed by atoms with E-state index in [1.54, 1.807) is 31.2 Å². The largest absolute Gasteiger partial charge is 0.465 e. The molecule has 0 saturated heterocycles. The second-order valence-electron chi connectivity index (χ2n) is 6.29. The van der Waals surface area contributed by atoms with Crippen molar-refractivity contribution in [3.05, 3.63) is 64.2 Å². The van der Waals surface area contributed by atoms with Crippen LogP contribution in [-0.4, -0.2) is 32.5 Å². The van der Waals surface area contributed by atoms with Gasteiger partial charge in [0.2, 0.25) is 0 Å². The summed E-state index contributed by atoms with van der Waals surface area (Å²) in [5.74, 6) is -0.517. The van der Waals surface area contributed by atoms with Crippen LogP contribution in [0.3, 0.4) is 0 Å². The molecule has 0 atom stereocenters. The number of hydrogen-bond acceptors (Lipinski definition) is 6. The average molecular weight is 406 g/mol. The summed E-state index contributed by atoms with van der Waals surface area (Å²) in [5.41, 5.74) is 0.647. The Bertz CT molecular complexity index is 955. The minimum Gasteiger partial charge on any atom is -0.465 e. The zero-order valence-corrected chi connectivity index (χ0v) is 16.7. The van der Waals surface area contributed by atoms with Crippen molar-refractivity contribution in [2.24, 2.45) is 0 Å². The number of carbonyl (C=O) groups excluding carboxylic acids is 1. The van der Waals surface area contributed by atoms with Crippen molar-refractivity contribution in [2.75, 3.05) is 17.5 Å². The van der Waals surface area contributed by atoms with E-state index in [1.807, 2.05) is 13.8 Å². The van der Waals surface area contributed by atoms with Gasteiger partial charge in [-0.1, -0.05) is 38.1 Å². The average Bonchev–Trinajstić information content (AvgIpc) is 2.66. The number of benzene rings is 2. The molecule has 0 spiro atoms. The monoisotopic (exact) mass is 406 g/mol. The normalized spacial score (nSPS) is 11.3. The molecule has 2 aromatic carbocycles. The Hall–Kier alpha value is -2.94. The first-order valence-electron chi connectivity index (χ1n) is 8.70. The van der Waals surface area contributed by atoms with Gasteiger partial charge < -0.3 is 4.74 Å². The number of sulfonamides is 1. The molecule has 0 aliphatic rings. The number of anilines is 1. The van der Waals surface area contributed by atoms with Crippen LogP contribution in [0.15, 0.2) is 53.4 Å². The first-order valence-corrected chi connectivity index (χ1v) is 10.1. The molecule has 0 amide bonds. The highest BCUT2D eigenvalue weighted by molar-refractivity contribution is 7.93. The number of carbonyl (C=O) groups is 1. The van der Waals surface area contributed by atoms with Gasteiger partial charge in [-0.05, 0) is 36.6 Å². The fourth-order valence-corrected chi connectivity index (χ4v) is 4.18. The van der Waals surface area contributed by atoms with Gasteiger partial charge in [0.1, 0.15) is 6.54 Å². The highest BCUT2D eigenvalue weighted by Gasteiger charge is 2.33. The lowest BCUT2D eigenvalue weighted by molar-refractivity contribution is -0.387. The summed E-state index contributed by atoms with van der Waals surface area (Å²) in [6.07, 6.45) is 0. The molecular formula is C19H22N2O6S. The first kappa shape index (κ1) is 21.4. The maximum atomic E-state index is 13.2. The van der Waals surface area contributed by atoms with Crippen LogP contribution in [0.2, 0.25) is 0 Å². The number of nitrogens with zero attached hydrogens (tertiary/aromatic N) is 2. The Kier molecular flexibility index (Phi) is 6.74. The van der Waals surface area contributed by atoms with Crippen molar-refractivity contribution >= 4 is 27.4 Å². The van der Waals surface area contributed by atoms with E-state index in [4.69, 9.17) is 4.74 Å². The standard InChI is InChI=1S/C19H22N2O6S/c1-4-27-19(22)13-20(16-11-9-15(10-12-16)14(2)3)28(25,26)18-8-6-5-7-17(18)21(23)24/h5-12,14H,4,13H2,1-3H3. The van der Waals surface area contributed by atoms with Crippen molar-refractivity contribution in [1.82, 2.24) is 0 Å². The molecule has 0 aliphatic carbocycles. The van der Waals surface area contributed by atoms with Gasteiger partial charge in [-0.3, -0.25) is 19.2 Å². The van der Waals surface area contributed by atoms with Gasteiger partial charge in [0.25, 0.3) is 15.7 Å². The number of nitro benzene ring substituents is 1. The maximum Gasteiger partial charge on any atom is 0.326 e. The van der Waals surface area contributed by atoms with Crippen molar-refractivity contribution < 1.29 is 22.9 Å². The molecule has 2 rings (SSSR count). The predicted molar refractivity (Wildman–Crippen MR) is 105 cm³/mol. The number of rotatable bonds is 8. The van der Waals surface area contributed by atoms with Crippen molar-refractivity contribution in [2.45, 2.75) is 31.6 Å². The van der Waals surface area contributed by atoms with Crippen LogP contribution >= 0.6 is 0 Å². The Labute approximate surface area is 163 Å². The van der Waals surface area contributed by atoms with Crippen molar-refractivity contribution in [3.63, 3.8) is 0 Å². The smallest absolute Gasteiger partial charge is 0.326 e. The summed E-state index contributed by atoms with van der Waals surface area (Å²) in [6, 6.07) is 11.7. The van der Waals surface area contributed by atoms with E-state index in [2.05, 4.69) is 0 Å². The molecule has 9 heteroatoms. The minimum atomic E-state index is -4.39.